The number of rotatable bonds is 4. The Kier molecular flexibility index (Phi) is 4.47. The predicted molar refractivity (Wildman–Crippen MR) is 97.8 cm³/mol. The standard InChI is InChI=1S/C21H22N2O3/c24-20(23-13-16-11-12-17(22-16)19(23)21(25)26)18(14-7-3-1-4-8-14)15-9-5-2-6-10-15/h1-10,16-19,22H,11-13H2,(H,25,26). The number of carbonyl (C=O) groups excluding carboxylic acids is 1. The van der Waals surface area contributed by atoms with Crippen LogP contribution < -0.4 is 5.32 Å². The van der Waals surface area contributed by atoms with E-state index in [4.69, 9.17) is 0 Å². The first-order valence-corrected chi connectivity index (χ1v) is 9.04. The van der Waals surface area contributed by atoms with E-state index in [9.17, 15) is 14.7 Å². The van der Waals surface area contributed by atoms with Crippen molar-refractivity contribution in [2.75, 3.05) is 6.54 Å². The number of piperazine rings is 1. The lowest BCUT2D eigenvalue weighted by molar-refractivity contribution is -0.153. The molecule has 2 N–H and O–H groups in total. The summed E-state index contributed by atoms with van der Waals surface area (Å²) in [6.45, 7) is 0.447. The molecular formula is C21H22N2O3. The molecule has 5 nitrogen and oxygen atoms in total. The summed E-state index contributed by atoms with van der Waals surface area (Å²) in [5.41, 5.74) is 1.78. The molecule has 2 aliphatic rings. The van der Waals surface area contributed by atoms with Crippen molar-refractivity contribution in [3.63, 3.8) is 0 Å². The summed E-state index contributed by atoms with van der Waals surface area (Å²) < 4.78 is 0. The smallest absolute Gasteiger partial charge is 0.328 e. The molecule has 0 aliphatic carbocycles. The van der Waals surface area contributed by atoms with Gasteiger partial charge in [-0.2, -0.15) is 0 Å². The molecule has 5 heteroatoms. The third kappa shape index (κ3) is 2.99. The van der Waals surface area contributed by atoms with Crippen LogP contribution in [0.3, 0.4) is 0 Å². The Morgan fingerprint density at radius 3 is 2.08 bits per heavy atom. The zero-order chi connectivity index (χ0) is 18.1. The van der Waals surface area contributed by atoms with Gasteiger partial charge in [0, 0.05) is 18.6 Å². The minimum atomic E-state index is -0.934. The van der Waals surface area contributed by atoms with Gasteiger partial charge in [-0.05, 0) is 24.0 Å². The van der Waals surface area contributed by atoms with Crippen molar-refractivity contribution < 1.29 is 14.7 Å². The molecule has 4 rings (SSSR count). The van der Waals surface area contributed by atoms with Crippen molar-refractivity contribution in [1.29, 1.82) is 0 Å². The normalized spacial score (nSPS) is 24.7. The van der Waals surface area contributed by atoms with Crippen LogP contribution >= 0.6 is 0 Å². The fourth-order valence-electron chi connectivity index (χ4n) is 4.28. The highest BCUT2D eigenvalue weighted by atomic mass is 16.4. The highest BCUT2D eigenvalue weighted by molar-refractivity contribution is 5.91. The molecule has 2 aliphatic heterocycles. The second-order valence-corrected chi connectivity index (χ2v) is 7.08. The lowest BCUT2D eigenvalue weighted by Crippen LogP contribution is -2.63. The molecule has 0 radical (unpaired) electrons. The van der Waals surface area contributed by atoms with Crippen molar-refractivity contribution in [2.24, 2.45) is 0 Å². The Labute approximate surface area is 152 Å². The number of hydrogen-bond acceptors (Lipinski definition) is 3. The van der Waals surface area contributed by atoms with Gasteiger partial charge < -0.3 is 15.3 Å². The van der Waals surface area contributed by atoms with Gasteiger partial charge in [-0.15, -0.1) is 0 Å². The number of carbonyl (C=O) groups is 2. The summed E-state index contributed by atoms with van der Waals surface area (Å²) in [5.74, 6) is -1.55. The Bertz CT molecular complexity index is 754. The molecule has 1 amide bonds. The molecule has 2 aromatic rings. The fraction of sp³-hybridized carbons (Fsp3) is 0.333. The Morgan fingerprint density at radius 2 is 1.54 bits per heavy atom. The minimum Gasteiger partial charge on any atom is -0.480 e. The average Bonchev–Trinajstić information content (AvgIpc) is 3.03. The molecule has 0 spiro atoms. The molecule has 2 aromatic carbocycles. The molecule has 2 saturated heterocycles. The third-order valence-electron chi connectivity index (χ3n) is 5.46. The monoisotopic (exact) mass is 350 g/mol. The van der Waals surface area contributed by atoms with Crippen molar-refractivity contribution in [3.05, 3.63) is 71.8 Å². The van der Waals surface area contributed by atoms with E-state index in [0.29, 0.717) is 6.54 Å². The molecule has 3 unspecified atom stereocenters. The van der Waals surface area contributed by atoms with Crippen LogP contribution in [0.15, 0.2) is 60.7 Å². The molecule has 134 valence electrons. The summed E-state index contributed by atoms with van der Waals surface area (Å²) in [6, 6.07) is 18.4. The number of likely N-dealkylation sites (tertiary alicyclic amines) is 1. The SMILES string of the molecule is O=C(O)C1C2CCC(CN1C(=O)C(c1ccccc1)c1ccccc1)N2. The average molecular weight is 350 g/mol. The van der Waals surface area contributed by atoms with Gasteiger partial charge in [-0.1, -0.05) is 60.7 Å². The minimum absolute atomic E-state index is 0.131. The van der Waals surface area contributed by atoms with Gasteiger partial charge in [0.25, 0.3) is 0 Å². The second kappa shape index (κ2) is 6.92. The number of hydrogen-bond donors (Lipinski definition) is 2. The number of nitrogens with one attached hydrogen (secondary N) is 1. The van der Waals surface area contributed by atoms with Gasteiger partial charge >= 0.3 is 5.97 Å². The summed E-state index contributed by atoms with van der Waals surface area (Å²) in [5, 5.41) is 13.1. The van der Waals surface area contributed by atoms with E-state index >= 15 is 0 Å². The zero-order valence-electron chi connectivity index (χ0n) is 14.4. The number of carboxylic acid groups (broad SMARTS) is 1. The van der Waals surface area contributed by atoms with Gasteiger partial charge in [-0.3, -0.25) is 4.79 Å². The number of nitrogens with zero attached hydrogens (tertiary/aromatic N) is 1. The van der Waals surface area contributed by atoms with Crippen molar-refractivity contribution in [1.82, 2.24) is 10.2 Å². The van der Waals surface area contributed by atoms with E-state index in [1.54, 1.807) is 4.90 Å². The van der Waals surface area contributed by atoms with Crippen molar-refractivity contribution in [3.8, 4) is 0 Å². The van der Waals surface area contributed by atoms with Gasteiger partial charge in [0.05, 0.1) is 5.92 Å². The van der Waals surface area contributed by atoms with Crippen LogP contribution in [0.4, 0.5) is 0 Å². The summed E-state index contributed by atoms with van der Waals surface area (Å²) in [7, 11) is 0. The number of carboxylic acids is 1. The Morgan fingerprint density at radius 1 is 0.962 bits per heavy atom. The van der Waals surface area contributed by atoms with Crippen LogP contribution in [0.1, 0.15) is 29.9 Å². The van der Waals surface area contributed by atoms with E-state index in [2.05, 4.69) is 5.32 Å². The maximum Gasteiger partial charge on any atom is 0.328 e. The Balaban J connectivity index is 1.73. The van der Waals surface area contributed by atoms with E-state index in [-0.39, 0.29) is 18.0 Å². The Hall–Kier alpha value is -2.66. The topological polar surface area (TPSA) is 69.6 Å². The first kappa shape index (κ1) is 16.8. The van der Waals surface area contributed by atoms with Gasteiger partial charge in [0.15, 0.2) is 0 Å². The number of amides is 1. The molecular weight excluding hydrogens is 328 g/mol. The summed E-state index contributed by atoms with van der Waals surface area (Å²) >= 11 is 0. The lowest BCUT2D eigenvalue weighted by atomic mass is 9.89. The van der Waals surface area contributed by atoms with Crippen molar-refractivity contribution in [2.45, 2.75) is 36.9 Å². The van der Waals surface area contributed by atoms with Crippen LogP contribution in [0, 0.1) is 0 Å². The number of aliphatic carboxylic acids is 1. The summed E-state index contributed by atoms with van der Waals surface area (Å²) in [6.07, 6.45) is 1.71. The molecule has 2 bridgehead atoms. The van der Waals surface area contributed by atoms with Crippen LogP contribution in [0.5, 0.6) is 0 Å². The second-order valence-electron chi connectivity index (χ2n) is 7.08. The fourth-order valence-corrected chi connectivity index (χ4v) is 4.28. The highest BCUT2D eigenvalue weighted by Crippen LogP contribution is 2.32. The van der Waals surface area contributed by atoms with Gasteiger partial charge in [-0.25, -0.2) is 4.79 Å². The van der Waals surface area contributed by atoms with E-state index < -0.39 is 17.9 Å². The maximum absolute atomic E-state index is 13.6. The molecule has 0 aromatic heterocycles. The largest absolute Gasteiger partial charge is 0.480 e. The van der Waals surface area contributed by atoms with Crippen LogP contribution in [-0.2, 0) is 9.59 Å². The van der Waals surface area contributed by atoms with Crippen LogP contribution in [0.2, 0.25) is 0 Å². The van der Waals surface area contributed by atoms with Crippen LogP contribution in [0.25, 0.3) is 0 Å². The van der Waals surface area contributed by atoms with Gasteiger partial charge in [0.2, 0.25) is 5.91 Å². The predicted octanol–water partition coefficient (Wildman–Crippen LogP) is 2.23. The molecule has 2 fully saturated rings. The number of benzene rings is 2. The highest BCUT2D eigenvalue weighted by Gasteiger charge is 2.47. The van der Waals surface area contributed by atoms with Crippen LogP contribution in [-0.4, -0.2) is 46.6 Å². The lowest BCUT2D eigenvalue weighted by Gasteiger charge is -2.40. The first-order valence-electron chi connectivity index (χ1n) is 9.04. The quantitative estimate of drug-likeness (QED) is 0.887. The first-order chi connectivity index (χ1) is 12.6. The number of fused-ring (bicyclic) bond motifs is 2. The summed E-state index contributed by atoms with van der Waals surface area (Å²) in [4.78, 5) is 27.1. The molecule has 26 heavy (non-hydrogen) atoms. The van der Waals surface area contributed by atoms with E-state index in [1.807, 2.05) is 60.7 Å². The third-order valence-corrected chi connectivity index (χ3v) is 5.46. The molecule has 0 saturated carbocycles. The molecule has 3 atom stereocenters. The molecule has 2 heterocycles. The van der Waals surface area contributed by atoms with E-state index in [1.165, 1.54) is 0 Å². The van der Waals surface area contributed by atoms with Gasteiger partial charge in [0.1, 0.15) is 6.04 Å². The zero-order valence-corrected chi connectivity index (χ0v) is 14.4. The van der Waals surface area contributed by atoms with Crippen molar-refractivity contribution >= 4 is 11.9 Å². The van der Waals surface area contributed by atoms with E-state index in [0.717, 1.165) is 24.0 Å². The maximum atomic E-state index is 13.6.